The highest BCUT2D eigenvalue weighted by Crippen LogP contribution is 2.57. The molecule has 59 heavy (non-hydrogen) atoms. The number of nitrogens with zero attached hydrogens (tertiary/aromatic N) is 2. The van der Waals surface area contributed by atoms with Gasteiger partial charge in [-0.15, -0.1) is 11.3 Å². The van der Waals surface area contributed by atoms with E-state index in [1.165, 1.54) is 97.9 Å². The first-order valence-electron chi connectivity index (χ1n) is 20.4. The number of hydrogen-bond acceptors (Lipinski definition) is 2. The fraction of sp³-hybridized carbons (Fsp3) is 0.0357. The van der Waals surface area contributed by atoms with Gasteiger partial charge in [0.25, 0.3) is 0 Å². The Morgan fingerprint density at radius 3 is 1.44 bits per heavy atom. The van der Waals surface area contributed by atoms with Crippen molar-refractivity contribution in [2.45, 2.75) is 12.1 Å². The first-order valence-corrected chi connectivity index (χ1v) is 21.2. The van der Waals surface area contributed by atoms with Gasteiger partial charge in [0.15, 0.2) is 0 Å². The number of hydrogen-bond donors (Lipinski definition) is 0. The molecule has 1 fully saturated rings. The molecule has 9 aromatic carbocycles. The smallest absolute Gasteiger partial charge is 0.0795 e. The molecule has 2 atom stereocenters. The summed E-state index contributed by atoms with van der Waals surface area (Å²) in [5.41, 5.74) is 14.9. The summed E-state index contributed by atoms with van der Waals surface area (Å²) in [5, 5.41) is 5.17. The summed E-state index contributed by atoms with van der Waals surface area (Å²) < 4.78 is 5.09. The zero-order chi connectivity index (χ0) is 38.9. The minimum atomic E-state index is 0.252. The molecule has 2 unspecified atom stereocenters. The number of aromatic nitrogens is 1. The van der Waals surface area contributed by atoms with Crippen molar-refractivity contribution in [2.75, 3.05) is 4.90 Å². The second-order valence-corrected chi connectivity index (χ2v) is 16.8. The van der Waals surface area contributed by atoms with Gasteiger partial charge in [0.05, 0.1) is 23.1 Å². The van der Waals surface area contributed by atoms with E-state index < -0.39 is 0 Å². The van der Waals surface area contributed by atoms with Crippen LogP contribution in [-0.2, 0) is 0 Å². The van der Waals surface area contributed by atoms with Crippen molar-refractivity contribution in [3.63, 3.8) is 0 Å². The van der Waals surface area contributed by atoms with Crippen LogP contribution in [0.4, 0.5) is 5.69 Å². The minimum Gasteiger partial charge on any atom is -0.353 e. The molecule has 1 aliphatic rings. The molecule has 0 bridgehead atoms. The van der Waals surface area contributed by atoms with Gasteiger partial charge >= 0.3 is 0 Å². The van der Waals surface area contributed by atoms with Crippen LogP contribution in [0.2, 0.25) is 0 Å². The van der Waals surface area contributed by atoms with E-state index in [0.29, 0.717) is 0 Å². The van der Waals surface area contributed by atoms with Gasteiger partial charge in [-0.05, 0) is 99.1 Å². The van der Waals surface area contributed by atoms with Gasteiger partial charge in [0.2, 0.25) is 0 Å². The molecule has 12 rings (SSSR count). The van der Waals surface area contributed by atoms with Crippen molar-refractivity contribution < 1.29 is 0 Å². The number of thiophene rings is 1. The van der Waals surface area contributed by atoms with Crippen LogP contribution in [0.25, 0.3) is 81.0 Å². The van der Waals surface area contributed by atoms with E-state index in [0.717, 1.165) is 0 Å². The van der Waals surface area contributed by atoms with Gasteiger partial charge in [0, 0.05) is 42.3 Å². The van der Waals surface area contributed by atoms with E-state index in [9.17, 15) is 0 Å². The molecule has 0 amide bonds. The van der Waals surface area contributed by atoms with Crippen LogP contribution in [0.1, 0.15) is 23.2 Å². The second-order valence-electron chi connectivity index (χ2n) is 15.7. The largest absolute Gasteiger partial charge is 0.353 e. The molecule has 0 aliphatic carbocycles. The third-order valence-corrected chi connectivity index (χ3v) is 13.5. The minimum absolute atomic E-state index is 0.252. The fourth-order valence-corrected chi connectivity index (χ4v) is 10.4. The van der Waals surface area contributed by atoms with Gasteiger partial charge in [-0.3, -0.25) is 0 Å². The molecule has 0 saturated carbocycles. The van der Waals surface area contributed by atoms with E-state index in [2.05, 4.69) is 228 Å². The van der Waals surface area contributed by atoms with Crippen molar-refractivity contribution in [2.24, 2.45) is 0 Å². The topological polar surface area (TPSA) is 7.94 Å². The van der Waals surface area contributed by atoms with E-state index >= 15 is 0 Å². The van der Waals surface area contributed by atoms with Crippen LogP contribution in [0.15, 0.2) is 218 Å². The molecule has 1 aliphatic heterocycles. The summed E-state index contributed by atoms with van der Waals surface area (Å²) in [6, 6.07) is 80.9. The predicted octanol–water partition coefficient (Wildman–Crippen LogP) is 15.5. The Labute approximate surface area is 347 Å². The van der Waals surface area contributed by atoms with Crippen LogP contribution in [0, 0.1) is 0 Å². The number of anilines is 1. The summed E-state index contributed by atoms with van der Waals surface area (Å²) in [7, 11) is 0. The fourth-order valence-electron chi connectivity index (χ4n) is 9.35. The van der Waals surface area contributed by atoms with Crippen LogP contribution in [-0.4, -0.2) is 4.57 Å². The summed E-state index contributed by atoms with van der Waals surface area (Å²) in [6.07, 6.45) is 0. The molecule has 3 heterocycles. The molecule has 1 saturated heterocycles. The van der Waals surface area contributed by atoms with Gasteiger partial charge in [0.1, 0.15) is 0 Å². The highest BCUT2D eigenvalue weighted by Gasteiger charge is 2.49. The Morgan fingerprint density at radius 2 is 0.780 bits per heavy atom. The lowest BCUT2D eigenvalue weighted by Crippen LogP contribution is -1.96. The molecular formula is C56H38N2S. The quantitative estimate of drug-likeness (QED) is 0.147. The van der Waals surface area contributed by atoms with E-state index in [1.807, 2.05) is 11.3 Å². The summed E-state index contributed by atoms with van der Waals surface area (Å²) in [6.45, 7) is 0. The second kappa shape index (κ2) is 13.7. The van der Waals surface area contributed by atoms with Crippen LogP contribution >= 0.6 is 11.3 Å². The van der Waals surface area contributed by atoms with Gasteiger partial charge < -0.3 is 9.47 Å². The third kappa shape index (κ3) is 5.77. The molecule has 0 spiro atoms. The van der Waals surface area contributed by atoms with Crippen molar-refractivity contribution >= 4 is 59.0 Å². The maximum Gasteiger partial charge on any atom is 0.0795 e. The summed E-state index contributed by atoms with van der Waals surface area (Å²) in [4.78, 5) is 2.57. The van der Waals surface area contributed by atoms with Crippen LogP contribution in [0.5, 0.6) is 0 Å². The molecule has 0 N–H and O–H groups in total. The van der Waals surface area contributed by atoms with Crippen molar-refractivity contribution in [3.05, 3.63) is 230 Å². The lowest BCUT2D eigenvalue weighted by atomic mass is 9.99. The first-order chi connectivity index (χ1) is 29.2. The molecule has 2 nitrogen and oxygen atoms in total. The predicted molar refractivity (Wildman–Crippen MR) is 251 cm³/mol. The highest BCUT2D eigenvalue weighted by molar-refractivity contribution is 7.25. The Bertz CT molecular complexity index is 3220. The summed E-state index contributed by atoms with van der Waals surface area (Å²) in [5.74, 6) is 0. The molecular weight excluding hydrogens is 733 g/mol. The van der Waals surface area contributed by atoms with E-state index in [-0.39, 0.29) is 12.1 Å². The molecule has 0 radical (unpaired) electrons. The van der Waals surface area contributed by atoms with Crippen LogP contribution < -0.4 is 4.90 Å². The molecule has 2 aromatic heterocycles. The maximum absolute atomic E-state index is 2.57. The Morgan fingerprint density at radius 1 is 0.305 bits per heavy atom. The number of rotatable bonds is 7. The number of para-hydroxylation sites is 1. The molecule has 11 aromatic rings. The highest BCUT2D eigenvalue weighted by atomic mass is 32.1. The average Bonchev–Trinajstić information content (AvgIpc) is 3.82. The zero-order valence-corrected chi connectivity index (χ0v) is 33.1. The molecule has 278 valence electrons. The summed E-state index contributed by atoms with van der Waals surface area (Å²) >= 11 is 1.87. The van der Waals surface area contributed by atoms with Crippen molar-refractivity contribution in [1.82, 2.24) is 4.57 Å². The van der Waals surface area contributed by atoms with Gasteiger partial charge in [-0.25, -0.2) is 0 Å². The number of fused-ring (bicyclic) bond motifs is 6. The van der Waals surface area contributed by atoms with E-state index in [1.54, 1.807) is 0 Å². The lowest BCUT2D eigenvalue weighted by molar-refractivity contribution is 1.03. The Hall–Kier alpha value is -7.20. The normalized spacial score (nSPS) is 15.1. The van der Waals surface area contributed by atoms with Gasteiger partial charge in [-0.2, -0.15) is 0 Å². The lowest BCUT2D eigenvalue weighted by Gasteiger charge is -2.11. The maximum atomic E-state index is 2.57. The first kappa shape index (κ1) is 33.9. The molecule has 3 heteroatoms. The average molecular weight is 771 g/mol. The SMILES string of the molecule is c1ccc(-c2ccc(C3C(c4ccc(-c5ccccc5)cc4)N3c3ccc(-c4ccc5c(c4)c4ccccc4n5-c4ccc5sc6ccccc6c5c4)cc3)cc2)cc1. The third-order valence-electron chi connectivity index (χ3n) is 12.3. The number of benzene rings is 9. The standard InChI is InChI=1S/C56H38N2S/c1-3-11-37(12-4-1)39-19-23-42(24-20-39)55-56(43-25-21-40(22-26-43)38-13-5-2-6-14-38)58(55)45-30-27-41(28-31-45)44-29-33-52-49(35-44)47-15-7-9-17-51(47)57(52)46-32-34-54-50(36-46)48-16-8-10-18-53(48)59-54/h1-36,55-56H. The Balaban J connectivity index is 0.893. The van der Waals surface area contributed by atoms with Crippen molar-refractivity contribution in [1.29, 1.82) is 0 Å². The van der Waals surface area contributed by atoms with Crippen LogP contribution in [0.3, 0.4) is 0 Å². The zero-order valence-electron chi connectivity index (χ0n) is 32.2. The monoisotopic (exact) mass is 770 g/mol. The van der Waals surface area contributed by atoms with Gasteiger partial charge in [-0.1, -0.05) is 164 Å². The van der Waals surface area contributed by atoms with Crippen molar-refractivity contribution in [3.8, 4) is 39.1 Å². The van der Waals surface area contributed by atoms with E-state index in [4.69, 9.17) is 0 Å². The Kier molecular flexibility index (Phi) is 7.89.